The molecule has 7 unspecified atom stereocenters. The number of carbonyl (C=O) groups is 1. The minimum absolute atomic E-state index is 0.184. The minimum Gasteiger partial charge on any atom is -0.394 e. The standard InChI is InChI=1S/C50H95NO8/c1-3-5-7-9-11-13-15-17-19-20-21-22-23-24-25-26-27-29-31-33-35-37-39-44(53)43(42-58-50-49(57)48(56)47(55)45(41-52)59-50)51-46(54)40-38-36-34-32-30-28-18-16-14-12-10-8-6-4-2/h16,18,37,39,43-45,47-50,52-53,55-57H,3-15,17,19-36,38,40-42H2,1-2H3,(H,51,54)/b18-16-,39-37+. The maximum atomic E-state index is 13.0. The summed E-state index contributed by atoms with van der Waals surface area (Å²) in [5.41, 5.74) is 0. The molecule has 1 saturated heterocycles. The summed E-state index contributed by atoms with van der Waals surface area (Å²) in [7, 11) is 0. The van der Waals surface area contributed by atoms with Crippen molar-refractivity contribution in [1.29, 1.82) is 0 Å². The van der Waals surface area contributed by atoms with Crippen LogP contribution in [0, 0.1) is 0 Å². The van der Waals surface area contributed by atoms with Gasteiger partial charge in [-0.1, -0.05) is 205 Å². The number of ether oxygens (including phenoxy) is 2. The van der Waals surface area contributed by atoms with Crippen molar-refractivity contribution in [3.05, 3.63) is 24.3 Å². The van der Waals surface area contributed by atoms with Crippen molar-refractivity contribution in [3.8, 4) is 0 Å². The smallest absolute Gasteiger partial charge is 0.220 e. The highest BCUT2D eigenvalue weighted by Gasteiger charge is 2.44. The van der Waals surface area contributed by atoms with E-state index >= 15 is 0 Å². The highest BCUT2D eigenvalue weighted by molar-refractivity contribution is 5.76. The fourth-order valence-corrected chi connectivity index (χ4v) is 7.97. The lowest BCUT2D eigenvalue weighted by atomic mass is 9.99. The average molecular weight is 838 g/mol. The van der Waals surface area contributed by atoms with E-state index in [-0.39, 0.29) is 12.5 Å². The Morgan fingerprint density at radius 2 is 0.949 bits per heavy atom. The number of unbranched alkanes of at least 4 members (excludes halogenated alkanes) is 30. The van der Waals surface area contributed by atoms with Gasteiger partial charge in [-0.15, -0.1) is 0 Å². The molecule has 0 aromatic carbocycles. The van der Waals surface area contributed by atoms with E-state index in [2.05, 4.69) is 31.3 Å². The first-order valence-corrected chi connectivity index (χ1v) is 25.1. The number of nitrogens with one attached hydrogen (secondary N) is 1. The van der Waals surface area contributed by atoms with Gasteiger partial charge < -0.3 is 40.3 Å². The molecule has 7 atom stereocenters. The summed E-state index contributed by atoms with van der Waals surface area (Å²) >= 11 is 0. The predicted octanol–water partition coefficient (Wildman–Crippen LogP) is 11.1. The second kappa shape index (κ2) is 40.7. The third-order valence-corrected chi connectivity index (χ3v) is 12.0. The number of hydrogen-bond acceptors (Lipinski definition) is 8. The van der Waals surface area contributed by atoms with Crippen LogP contribution >= 0.6 is 0 Å². The first-order chi connectivity index (χ1) is 28.8. The number of rotatable bonds is 42. The molecular formula is C50H95NO8. The lowest BCUT2D eigenvalue weighted by Crippen LogP contribution is -2.60. The first-order valence-electron chi connectivity index (χ1n) is 25.1. The molecule has 0 aromatic heterocycles. The van der Waals surface area contributed by atoms with E-state index in [0.29, 0.717) is 6.42 Å². The molecule has 0 bridgehead atoms. The van der Waals surface area contributed by atoms with Crippen LogP contribution in [0.4, 0.5) is 0 Å². The Kier molecular flexibility index (Phi) is 38.4. The summed E-state index contributed by atoms with van der Waals surface area (Å²) in [6, 6.07) is -0.806. The van der Waals surface area contributed by atoms with Crippen molar-refractivity contribution >= 4 is 5.91 Å². The van der Waals surface area contributed by atoms with Gasteiger partial charge in [0.1, 0.15) is 24.4 Å². The van der Waals surface area contributed by atoms with Crippen LogP contribution in [0.1, 0.15) is 232 Å². The molecule has 9 heteroatoms. The Morgan fingerprint density at radius 3 is 1.37 bits per heavy atom. The lowest BCUT2D eigenvalue weighted by molar-refractivity contribution is -0.302. The van der Waals surface area contributed by atoms with Gasteiger partial charge >= 0.3 is 0 Å². The Morgan fingerprint density at radius 1 is 0.559 bits per heavy atom. The Hall–Kier alpha value is -1.33. The molecule has 1 rings (SSSR count). The number of carbonyl (C=O) groups excluding carboxylic acids is 1. The van der Waals surface area contributed by atoms with E-state index in [1.165, 1.54) is 154 Å². The summed E-state index contributed by atoms with van der Waals surface area (Å²) in [4.78, 5) is 13.0. The normalized spacial score (nSPS) is 20.8. The van der Waals surface area contributed by atoms with E-state index < -0.39 is 49.5 Å². The molecule has 0 aliphatic carbocycles. The summed E-state index contributed by atoms with van der Waals surface area (Å²) in [5.74, 6) is -0.184. The molecule has 1 fully saturated rings. The van der Waals surface area contributed by atoms with Gasteiger partial charge in [-0.25, -0.2) is 0 Å². The SMILES string of the molecule is CCCCCCC/C=C\CCCCCCCC(=O)NC(COC1OC(CO)C(O)C(O)C1O)C(O)/C=C/CCCCCCCCCCCCCCCCCCCCCC. The van der Waals surface area contributed by atoms with E-state index in [1.807, 2.05) is 6.08 Å². The Labute approximate surface area is 362 Å². The fraction of sp³-hybridized carbons (Fsp3) is 0.900. The summed E-state index contributed by atoms with van der Waals surface area (Å²) in [5, 5.41) is 54.3. The van der Waals surface area contributed by atoms with Crippen LogP contribution in [-0.2, 0) is 14.3 Å². The van der Waals surface area contributed by atoms with Crippen molar-refractivity contribution in [2.75, 3.05) is 13.2 Å². The number of amides is 1. The van der Waals surface area contributed by atoms with E-state index in [9.17, 15) is 30.3 Å². The molecule has 9 nitrogen and oxygen atoms in total. The zero-order valence-electron chi connectivity index (χ0n) is 38.3. The zero-order valence-corrected chi connectivity index (χ0v) is 38.3. The van der Waals surface area contributed by atoms with Crippen molar-refractivity contribution in [1.82, 2.24) is 5.32 Å². The number of hydrogen-bond donors (Lipinski definition) is 6. The maximum Gasteiger partial charge on any atom is 0.220 e. The third kappa shape index (κ3) is 31.2. The summed E-state index contributed by atoms with van der Waals surface area (Å²) in [6.07, 6.45) is 42.3. The van der Waals surface area contributed by atoms with Crippen molar-refractivity contribution < 1.29 is 39.8 Å². The fourth-order valence-electron chi connectivity index (χ4n) is 7.97. The van der Waals surface area contributed by atoms with E-state index in [4.69, 9.17) is 9.47 Å². The average Bonchev–Trinajstić information content (AvgIpc) is 3.23. The van der Waals surface area contributed by atoms with Crippen LogP contribution in [-0.4, -0.2) is 87.5 Å². The van der Waals surface area contributed by atoms with Crippen LogP contribution in [0.5, 0.6) is 0 Å². The molecule has 1 heterocycles. The lowest BCUT2D eigenvalue weighted by Gasteiger charge is -2.40. The Bertz CT molecular complexity index is 977. The molecule has 348 valence electrons. The van der Waals surface area contributed by atoms with E-state index in [0.717, 1.165) is 57.8 Å². The second-order valence-corrected chi connectivity index (χ2v) is 17.6. The molecule has 0 aromatic rings. The minimum atomic E-state index is -1.57. The van der Waals surface area contributed by atoms with Crippen molar-refractivity contribution in [3.63, 3.8) is 0 Å². The molecule has 1 aliphatic rings. The zero-order chi connectivity index (χ0) is 43.0. The molecule has 1 amide bonds. The van der Waals surface area contributed by atoms with Crippen LogP contribution < -0.4 is 5.32 Å². The number of allylic oxidation sites excluding steroid dienone is 3. The van der Waals surface area contributed by atoms with Gasteiger partial charge in [-0.2, -0.15) is 0 Å². The first kappa shape index (κ1) is 55.7. The van der Waals surface area contributed by atoms with Crippen LogP contribution in [0.25, 0.3) is 0 Å². The third-order valence-electron chi connectivity index (χ3n) is 12.0. The molecular weight excluding hydrogens is 743 g/mol. The molecule has 0 saturated carbocycles. The van der Waals surface area contributed by atoms with Crippen molar-refractivity contribution in [2.45, 2.75) is 275 Å². The predicted molar refractivity (Wildman–Crippen MR) is 244 cm³/mol. The highest BCUT2D eigenvalue weighted by atomic mass is 16.7. The van der Waals surface area contributed by atoms with Crippen LogP contribution in [0.15, 0.2) is 24.3 Å². The summed E-state index contributed by atoms with van der Waals surface area (Å²) in [6.45, 7) is 3.77. The van der Waals surface area contributed by atoms with Gasteiger partial charge in [-0.3, -0.25) is 4.79 Å². The van der Waals surface area contributed by atoms with Gasteiger partial charge in [0.05, 0.1) is 25.4 Å². The van der Waals surface area contributed by atoms with Gasteiger partial charge in [0, 0.05) is 6.42 Å². The molecule has 1 aliphatic heterocycles. The quantitative estimate of drug-likeness (QED) is 0.0263. The topological polar surface area (TPSA) is 149 Å². The highest BCUT2D eigenvalue weighted by Crippen LogP contribution is 2.23. The number of aliphatic hydroxyl groups excluding tert-OH is 5. The van der Waals surface area contributed by atoms with Crippen LogP contribution in [0.2, 0.25) is 0 Å². The Balaban J connectivity index is 2.29. The van der Waals surface area contributed by atoms with Gasteiger partial charge in [0.15, 0.2) is 6.29 Å². The number of aliphatic hydroxyl groups is 5. The van der Waals surface area contributed by atoms with Crippen LogP contribution in [0.3, 0.4) is 0 Å². The van der Waals surface area contributed by atoms with Gasteiger partial charge in [0.2, 0.25) is 5.91 Å². The molecule has 0 spiro atoms. The maximum absolute atomic E-state index is 13.0. The van der Waals surface area contributed by atoms with Crippen molar-refractivity contribution in [2.24, 2.45) is 0 Å². The largest absolute Gasteiger partial charge is 0.394 e. The molecule has 6 N–H and O–H groups in total. The van der Waals surface area contributed by atoms with Gasteiger partial charge in [-0.05, 0) is 44.9 Å². The monoisotopic (exact) mass is 838 g/mol. The van der Waals surface area contributed by atoms with E-state index in [1.54, 1.807) is 6.08 Å². The second-order valence-electron chi connectivity index (χ2n) is 17.6. The van der Waals surface area contributed by atoms with Gasteiger partial charge in [0.25, 0.3) is 0 Å². The summed E-state index contributed by atoms with van der Waals surface area (Å²) < 4.78 is 11.2. The molecule has 59 heavy (non-hydrogen) atoms. The molecule has 0 radical (unpaired) electrons.